The van der Waals surface area contributed by atoms with Crippen molar-refractivity contribution < 1.29 is 0 Å². The van der Waals surface area contributed by atoms with Crippen LogP contribution in [0.25, 0.3) is 10.6 Å². The van der Waals surface area contributed by atoms with Crippen LogP contribution in [0.4, 0.5) is 0 Å². The zero-order chi connectivity index (χ0) is 12.8. The molecule has 0 radical (unpaired) electrons. The molecule has 0 aliphatic rings. The molecule has 98 valence electrons. The van der Waals surface area contributed by atoms with Gasteiger partial charge in [0.05, 0.1) is 16.8 Å². The molecule has 2 aromatic rings. The molecule has 0 saturated carbocycles. The molecule has 0 aromatic carbocycles. The summed E-state index contributed by atoms with van der Waals surface area (Å²) in [5.74, 6) is 0. The molecular formula is C13H20N4S. The minimum atomic E-state index is 0.862. The molecule has 0 atom stereocenters. The molecule has 0 fully saturated rings. The molecule has 5 heteroatoms. The van der Waals surface area contributed by atoms with E-state index in [0.29, 0.717) is 0 Å². The highest BCUT2D eigenvalue weighted by Gasteiger charge is 2.07. The largest absolute Gasteiger partial charge is 0.311 e. The van der Waals surface area contributed by atoms with Crippen LogP contribution in [0, 0.1) is 0 Å². The van der Waals surface area contributed by atoms with E-state index in [1.165, 1.54) is 10.4 Å². The summed E-state index contributed by atoms with van der Waals surface area (Å²) >= 11 is 1.74. The first-order valence-corrected chi connectivity index (χ1v) is 7.14. The fraction of sp³-hybridized carbons (Fsp3) is 0.462. The number of likely N-dealkylation sites (N-methyl/N-ethyl adjacent to an activating group) is 1. The van der Waals surface area contributed by atoms with Gasteiger partial charge in [-0.1, -0.05) is 13.0 Å². The van der Waals surface area contributed by atoms with E-state index in [1.54, 1.807) is 11.3 Å². The summed E-state index contributed by atoms with van der Waals surface area (Å²) in [5.41, 5.74) is 2.37. The fourth-order valence-electron chi connectivity index (χ4n) is 1.73. The molecule has 0 aliphatic carbocycles. The third-order valence-electron chi connectivity index (χ3n) is 3.01. The molecular weight excluding hydrogens is 244 g/mol. The number of thiophene rings is 1. The number of H-pyrrole nitrogens is 1. The Labute approximate surface area is 112 Å². The lowest BCUT2D eigenvalue weighted by Crippen LogP contribution is -2.28. The van der Waals surface area contributed by atoms with Gasteiger partial charge in [0.2, 0.25) is 0 Å². The molecule has 0 spiro atoms. The van der Waals surface area contributed by atoms with Gasteiger partial charge in [-0.25, -0.2) is 0 Å². The number of nitrogens with zero attached hydrogens (tertiary/aromatic N) is 2. The second-order valence-electron chi connectivity index (χ2n) is 4.32. The highest BCUT2D eigenvalue weighted by Crippen LogP contribution is 2.25. The number of aromatic amines is 1. The first kappa shape index (κ1) is 13.3. The zero-order valence-electron chi connectivity index (χ0n) is 10.9. The summed E-state index contributed by atoms with van der Waals surface area (Å²) in [6.07, 6.45) is 1.91. The summed E-state index contributed by atoms with van der Waals surface area (Å²) in [7, 11) is 2.14. The molecule has 0 unspecified atom stereocenters. The number of hydrogen-bond acceptors (Lipinski definition) is 4. The van der Waals surface area contributed by atoms with Crippen LogP contribution in [0.3, 0.4) is 0 Å². The van der Waals surface area contributed by atoms with E-state index in [4.69, 9.17) is 0 Å². The van der Waals surface area contributed by atoms with Crippen molar-refractivity contribution in [3.63, 3.8) is 0 Å². The topological polar surface area (TPSA) is 44.0 Å². The van der Waals surface area contributed by atoms with E-state index >= 15 is 0 Å². The van der Waals surface area contributed by atoms with Gasteiger partial charge in [-0.2, -0.15) is 5.10 Å². The van der Waals surface area contributed by atoms with Gasteiger partial charge in [0.15, 0.2) is 0 Å². The quantitative estimate of drug-likeness (QED) is 0.753. The molecule has 2 N–H and O–H groups in total. The van der Waals surface area contributed by atoms with Crippen LogP contribution in [-0.2, 0) is 6.54 Å². The predicted molar refractivity (Wildman–Crippen MR) is 76.8 cm³/mol. The highest BCUT2D eigenvalue weighted by atomic mass is 32.1. The predicted octanol–water partition coefficient (Wildman–Crippen LogP) is 2.18. The number of aromatic nitrogens is 2. The van der Waals surface area contributed by atoms with Crippen LogP contribution in [0.15, 0.2) is 23.7 Å². The summed E-state index contributed by atoms with van der Waals surface area (Å²) in [4.78, 5) is 3.54. The van der Waals surface area contributed by atoms with E-state index in [-0.39, 0.29) is 0 Å². The van der Waals surface area contributed by atoms with Crippen molar-refractivity contribution in [3.8, 4) is 10.6 Å². The Bertz CT molecular complexity index is 449. The van der Waals surface area contributed by atoms with E-state index in [1.807, 2.05) is 6.20 Å². The molecule has 0 amide bonds. The summed E-state index contributed by atoms with van der Waals surface area (Å²) in [5, 5.41) is 12.8. The maximum absolute atomic E-state index is 4.14. The molecule has 2 rings (SSSR count). The number of nitrogens with one attached hydrogen (secondary N) is 2. The van der Waals surface area contributed by atoms with E-state index < -0.39 is 0 Å². The van der Waals surface area contributed by atoms with Gasteiger partial charge >= 0.3 is 0 Å². The lowest BCUT2D eigenvalue weighted by Gasteiger charge is -2.13. The zero-order valence-corrected chi connectivity index (χ0v) is 11.8. The van der Waals surface area contributed by atoms with Crippen molar-refractivity contribution in [1.82, 2.24) is 20.4 Å². The molecule has 2 heterocycles. The Morgan fingerprint density at radius 1 is 1.50 bits per heavy atom. The third kappa shape index (κ3) is 3.41. The number of rotatable bonds is 7. The smallest absolute Gasteiger partial charge is 0.0794 e. The van der Waals surface area contributed by atoms with E-state index in [0.717, 1.165) is 31.9 Å². The van der Waals surface area contributed by atoms with Crippen LogP contribution in [0.1, 0.15) is 12.5 Å². The van der Waals surface area contributed by atoms with Gasteiger partial charge in [-0.15, -0.1) is 11.3 Å². The van der Waals surface area contributed by atoms with Crippen LogP contribution in [0.2, 0.25) is 0 Å². The monoisotopic (exact) mass is 264 g/mol. The van der Waals surface area contributed by atoms with Crippen LogP contribution < -0.4 is 5.32 Å². The Balaban J connectivity index is 1.85. The molecule has 2 aromatic heterocycles. The Morgan fingerprint density at radius 2 is 2.39 bits per heavy atom. The van der Waals surface area contributed by atoms with Gasteiger partial charge in [-0.3, -0.25) is 5.10 Å². The molecule has 0 saturated heterocycles. The highest BCUT2D eigenvalue weighted by molar-refractivity contribution is 7.13. The van der Waals surface area contributed by atoms with E-state index in [2.05, 4.69) is 51.9 Å². The molecule has 0 aliphatic heterocycles. The van der Waals surface area contributed by atoms with Crippen LogP contribution in [0.5, 0.6) is 0 Å². The lowest BCUT2D eigenvalue weighted by molar-refractivity contribution is 0.349. The summed E-state index contributed by atoms with van der Waals surface area (Å²) in [6, 6.07) is 4.18. The maximum atomic E-state index is 4.14. The van der Waals surface area contributed by atoms with Crippen molar-refractivity contribution in [1.29, 1.82) is 0 Å². The van der Waals surface area contributed by atoms with Gasteiger partial charge in [0.1, 0.15) is 0 Å². The minimum Gasteiger partial charge on any atom is -0.311 e. The summed E-state index contributed by atoms with van der Waals surface area (Å²) in [6.45, 7) is 6.20. The molecule has 4 nitrogen and oxygen atoms in total. The first-order chi connectivity index (χ1) is 8.81. The van der Waals surface area contributed by atoms with Crippen LogP contribution in [-0.4, -0.2) is 41.8 Å². The van der Waals surface area contributed by atoms with Crippen LogP contribution >= 0.6 is 11.3 Å². The molecule has 18 heavy (non-hydrogen) atoms. The second kappa shape index (κ2) is 6.68. The van der Waals surface area contributed by atoms with E-state index in [9.17, 15) is 0 Å². The average molecular weight is 264 g/mol. The second-order valence-corrected chi connectivity index (χ2v) is 5.27. The SMILES string of the molecule is CCN(C)CCNCc1cn[nH]c1-c1cccs1. The average Bonchev–Trinajstić information content (AvgIpc) is 3.04. The van der Waals surface area contributed by atoms with Gasteiger partial charge in [0.25, 0.3) is 0 Å². The summed E-state index contributed by atoms with van der Waals surface area (Å²) < 4.78 is 0. The standard InChI is InChI=1S/C13H20N4S/c1-3-17(2)7-6-14-9-11-10-15-16-13(11)12-5-4-8-18-12/h4-5,8,10,14H,3,6-7,9H2,1-2H3,(H,15,16). The third-order valence-corrected chi connectivity index (χ3v) is 3.90. The fourth-order valence-corrected chi connectivity index (χ4v) is 2.49. The maximum Gasteiger partial charge on any atom is 0.0794 e. The van der Waals surface area contributed by atoms with Crippen molar-refractivity contribution in [2.45, 2.75) is 13.5 Å². The Kier molecular flexibility index (Phi) is 4.92. The first-order valence-electron chi connectivity index (χ1n) is 6.26. The molecule has 0 bridgehead atoms. The number of hydrogen-bond donors (Lipinski definition) is 2. The lowest BCUT2D eigenvalue weighted by atomic mass is 10.2. The Hall–Kier alpha value is -1.17. The van der Waals surface area contributed by atoms with Crippen molar-refractivity contribution >= 4 is 11.3 Å². The van der Waals surface area contributed by atoms with Gasteiger partial charge < -0.3 is 10.2 Å². The van der Waals surface area contributed by atoms with Crippen molar-refractivity contribution in [3.05, 3.63) is 29.3 Å². The van der Waals surface area contributed by atoms with Crippen molar-refractivity contribution in [2.24, 2.45) is 0 Å². The van der Waals surface area contributed by atoms with Crippen molar-refractivity contribution in [2.75, 3.05) is 26.7 Å². The minimum absolute atomic E-state index is 0.862. The normalized spacial score (nSPS) is 11.3. The van der Waals surface area contributed by atoms with Gasteiger partial charge in [0, 0.05) is 25.2 Å². The van der Waals surface area contributed by atoms with Gasteiger partial charge in [-0.05, 0) is 25.0 Å². The Morgan fingerprint density at radius 3 is 3.11 bits per heavy atom.